The summed E-state index contributed by atoms with van der Waals surface area (Å²) in [5.74, 6) is -0.469. The lowest BCUT2D eigenvalue weighted by molar-refractivity contribution is 0.110. The number of halogens is 2. The van der Waals surface area contributed by atoms with Gasteiger partial charge in [-0.3, -0.25) is 9.69 Å². The van der Waals surface area contributed by atoms with Crippen LogP contribution in [0.5, 0.6) is 5.75 Å². The van der Waals surface area contributed by atoms with Gasteiger partial charge in [-0.2, -0.15) is 8.78 Å². The molecule has 0 aliphatic carbocycles. The molecule has 0 amide bonds. The Morgan fingerprint density at radius 2 is 1.96 bits per heavy atom. The van der Waals surface area contributed by atoms with Crippen LogP contribution in [0, 0.1) is 0 Å². The fourth-order valence-electron chi connectivity index (χ4n) is 2.46. The highest BCUT2D eigenvalue weighted by Crippen LogP contribution is 2.27. The number of benzene rings is 2. The van der Waals surface area contributed by atoms with E-state index in [0.29, 0.717) is 24.1 Å². The van der Waals surface area contributed by atoms with Crippen molar-refractivity contribution < 1.29 is 22.7 Å². The van der Waals surface area contributed by atoms with Gasteiger partial charge in [-0.05, 0) is 30.8 Å². The largest absolute Gasteiger partial charge is 0.477 e. The first-order chi connectivity index (χ1) is 13.1. The number of ether oxygens (including phenoxy) is 1. The SMILES string of the molecule is CN(COc1ccc(-c2nnc(C(F)F)o2)cc1C=O)Cc1ccccc1. The van der Waals surface area contributed by atoms with Gasteiger partial charge in [0.25, 0.3) is 5.89 Å². The number of hydrogen-bond donors (Lipinski definition) is 0. The first-order valence-electron chi connectivity index (χ1n) is 8.13. The molecule has 0 radical (unpaired) electrons. The van der Waals surface area contributed by atoms with E-state index in [-0.39, 0.29) is 18.2 Å². The van der Waals surface area contributed by atoms with Gasteiger partial charge in [0.2, 0.25) is 5.89 Å². The lowest BCUT2D eigenvalue weighted by Gasteiger charge is -2.18. The minimum absolute atomic E-state index is 0.0823. The van der Waals surface area contributed by atoms with Crippen LogP contribution in [0.3, 0.4) is 0 Å². The lowest BCUT2D eigenvalue weighted by Crippen LogP contribution is -2.23. The second-order valence-corrected chi connectivity index (χ2v) is 5.89. The molecular formula is C19H17F2N3O3. The van der Waals surface area contributed by atoms with Gasteiger partial charge in [-0.1, -0.05) is 30.3 Å². The fourth-order valence-corrected chi connectivity index (χ4v) is 2.46. The van der Waals surface area contributed by atoms with Crippen LogP contribution in [-0.2, 0) is 6.54 Å². The summed E-state index contributed by atoms with van der Waals surface area (Å²) in [6.45, 7) is 0.957. The summed E-state index contributed by atoms with van der Waals surface area (Å²) in [6.07, 6.45) is -2.22. The molecule has 0 spiro atoms. The third-order valence-corrected chi connectivity index (χ3v) is 3.75. The van der Waals surface area contributed by atoms with Crippen LogP contribution in [0.25, 0.3) is 11.5 Å². The zero-order chi connectivity index (χ0) is 19.2. The summed E-state index contributed by atoms with van der Waals surface area (Å²) >= 11 is 0. The second kappa shape index (κ2) is 8.50. The van der Waals surface area contributed by atoms with E-state index in [1.54, 1.807) is 12.1 Å². The summed E-state index contributed by atoms with van der Waals surface area (Å²) in [5.41, 5.74) is 1.76. The Morgan fingerprint density at radius 1 is 1.19 bits per heavy atom. The van der Waals surface area contributed by atoms with Gasteiger partial charge in [0.1, 0.15) is 12.5 Å². The minimum Gasteiger partial charge on any atom is -0.477 e. The Hall–Kier alpha value is -3.13. The first kappa shape index (κ1) is 18.7. The first-order valence-corrected chi connectivity index (χ1v) is 8.13. The minimum atomic E-state index is -2.85. The monoisotopic (exact) mass is 373 g/mol. The molecule has 0 saturated carbocycles. The number of rotatable bonds is 8. The third-order valence-electron chi connectivity index (χ3n) is 3.75. The van der Waals surface area contributed by atoms with Crippen LogP contribution < -0.4 is 4.74 Å². The van der Waals surface area contributed by atoms with Gasteiger partial charge >= 0.3 is 6.43 Å². The molecular weight excluding hydrogens is 356 g/mol. The molecule has 2 aromatic carbocycles. The van der Waals surface area contributed by atoms with E-state index in [1.165, 1.54) is 6.07 Å². The number of alkyl halides is 2. The average Bonchev–Trinajstić information content (AvgIpc) is 3.17. The quantitative estimate of drug-likeness (QED) is 0.440. The van der Waals surface area contributed by atoms with Crippen molar-refractivity contribution in [1.82, 2.24) is 15.1 Å². The predicted molar refractivity (Wildman–Crippen MR) is 93.5 cm³/mol. The van der Waals surface area contributed by atoms with E-state index in [4.69, 9.17) is 9.15 Å². The zero-order valence-electron chi connectivity index (χ0n) is 14.5. The molecule has 3 rings (SSSR count). The fraction of sp³-hybridized carbons (Fsp3) is 0.211. The highest BCUT2D eigenvalue weighted by molar-refractivity contribution is 5.82. The maximum absolute atomic E-state index is 12.6. The van der Waals surface area contributed by atoms with Crippen molar-refractivity contribution in [1.29, 1.82) is 0 Å². The van der Waals surface area contributed by atoms with Crippen molar-refractivity contribution in [2.24, 2.45) is 0 Å². The molecule has 0 N–H and O–H groups in total. The molecule has 140 valence electrons. The van der Waals surface area contributed by atoms with Crippen molar-refractivity contribution in [3.63, 3.8) is 0 Å². The predicted octanol–water partition coefficient (Wildman–Crippen LogP) is 3.96. The van der Waals surface area contributed by atoms with Gasteiger partial charge in [-0.25, -0.2) is 0 Å². The van der Waals surface area contributed by atoms with Crippen molar-refractivity contribution >= 4 is 6.29 Å². The molecule has 1 aromatic heterocycles. The standard InChI is InChI=1S/C19H17F2N3O3/c1-24(10-13-5-3-2-4-6-13)12-26-16-8-7-14(9-15(16)11-25)18-22-23-19(27-18)17(20)21/h2-9,11,17H,10,12H2,1H3. The van der Waals surface area contributed by atoms with Crippen molar-refractivity contribution in [3.8, 4) is 17.2 Å². The van der Waals surface area contributed by atoms with E-state index in [1.807, 2.05) is 42.3 Å². The van der Waals surface area contributed by atoms with E-state index < -0.39 is 12.3 Å². The number of carbonyl (C=O) groups is 1. The molecule has 0 saturated heterocycles. The Balaban J connectivity index is 1.68. The maximum Gasteiger partial charge on any atom is 0.314 e. The van der Waals surface area contributed by atoms with Gasteiger partial charge in [0.15, 0.2) is 6.29 Å². The molecule has 3 aromatic rings. The number of carbonyl (C=O) groups excluding carboxylic acids is 1. The molecule has 0 aliphatic heterocycles. The molecule has 0 bridgehead atoms. The molecule has 0 fully saturated rings. The molecule has 0 unspecified atom stereocenters. The van der Waals surface area contributed by atoms with E-state index in [0.717, 1.165) is 5.56 Å². The number of nitrogens with zero attached hydrogens (tertiary/aromatic N) is 3. The molecule has 6 nitrogen and oxygen atoms in total. The third kappa shape index (κ3) is 4.73. The Kier molecular flexibility index (Phi) is 5.87. The van der Waals surface area contributed by atoms with Gasteiger partial charge in [0.05, 0.1) is 5.56 Å². The van der Waals surface area contributed by atoms with E-state index in [9.17, 15) is 13.6 Å². The van der Waals surface area contributed by atoms with E-state index in [2.05, 4.69) is 10.2 Å². The number of aromatic nitrogens is 2. The highest BCUT2D eigenvalue weighted by Gasteiger charge is 2.18. The van der Waals surface area contributed by atoms with Crippen molar-refractivity contribution in [2.45, 2.75) is 13.0 Å². The van der Waals surface area contributed by atoms with Crippen molar-refractivity contribution in [2.75, 3.05) is 13.8 Å². The highest BCUT2D eigenvalue weighted by atomic mass is 19.3. The number of aldehydes is 1. The molecule has 27 heavy (non-hydrogen) atoms. The molecule has 1 heterocycles. The van der Waals surface area contributed by atoms with Crippen LogP contribution in [0.15, 0.2) is 52.9 Å². The Bertz CT molecular complexity index is 900. The lowest BCUT2D eigenvalue weighted by atomic mass is 10.1. The van der Waals surface area contributed by atoms with Crippen LogP contribution in [0.1, 0.15) is 28.2 Å². The average molecular weight is 373 g/mol. The maximum atomic E-state index is 12.6. The van der Waals surface area contributed by atoms with Crippen LogP contribution in [0.2, 0.25) is 0 Å². The van der Waals surface area contributed by atoms with Crippen LogP contribution in [-0.4, -0.2) is 35.2 Å². The summed E-state index contributed by atoms with van der Waals surface area (Å²) in [5, 5.41) is 6.85. The summed E-state index contributed by atoms with van der Waals surface area (Å²) in [6, 6.07) is 14.5. The molecule has 0 aliphatic rings. The van der Waals surface area contributed by atoms with Crippen LogP contribution in [0.4, 0.5) is 8.78 Å². The summed E-state index contributed by atoms with van der Waals surface area (Å²) in [7, 11) is 1.90. The normalized spacial score (nSPS) is 11.1. The molecule has 8 heteroatoms. The second-order valence-electron chi connectivity index (χ2n) is 5.89. The van der Waals surface area contributed by atoms with Crippen LogP contribution >= 0.6 is 0 Å². The smallest absolute Gasteiger partial charge is 0.314 e. The molecule has 0 atom stereocenters. The van der Waals surface area contributed by atoms with Gasteiger partial charge < -0.3 is 9.15 Å². The topological polar surface area (TPSA) is 68.5 Å². The summed E-state index contributed by atoms with van der Waals surface area (Å²) in [4.78, 5) is 13.3. The zero-order valence-corrected chi connectivity index (χ0v) is 14.5. The Morgan fingerprint density at radius 3 is 2.63 bits per heavy atom. The van der Waals surface area contributed by atoms with E-state index >= 15 is 0 Å². The van der Waals surface area contributed by atoms with Gasteiger partial charge in [-0.15, -0.1) is 10.2 Å². The number of hydrogen-bond acceptors (Lipinski definition) is 6. The van der Waals surface area contributed by atoms with Gasteiger partial charge in [0, 0.05) is 12.1 Å². The Labute approximate surface area is 154 Å². The van der Waals surface area contributed by atoms with Crippen molar-refractivity contribution in [3.05, 3.63) is 65.5 Å². The summed E-state index contributed by atoms with van der Waals surface area (Å²) < 4.78 is 35.7.